The molecule has 0 saturated heterocycles. The van der Waals surface area contributed by atoms with Crippen LogP contribution in [0.5, 0.6) is 0 Å². The van der Waals surface area contributed by atoms with Gasteiger partial charge in [0, 0.05) is 13.1 Å². The molecule has 2 aromatic heterocycles. The van der Waals surface area contributed by atoms with E-state index in [1.807, 2.05) is 6.07 Å². The van der Waals surface area contributed by atoms with Crippen LogP contribution in [-0.2, 0) is 13.0 Å². The molecule has 0 saturated carbocycles. The summed E-state index contributed by atoms with van der Waals surface area (Å²) in [7, 11) is 0. The van der Waals surface area contributed by atoms with Crippen LogP contribution in [0.3, 0.4) is 0 Å². The third kappa shape index (κ3) is 2.86. The van der Waals surface area contributed by atoms with Gasteiger partial charge in [-0.2, -0.15) is 0 Å². The molecule has 0 fully saturated rings. The van der Waals surface area contributed by atoms with Gasteiger partial charge >= 0.3 is 0 Å². The predicted molar refractivity (Wildman–Crippen MR) is 89.9 cm³/mol. The average Bonchev–Trinajstić information content (AvgIpc) is 3.17. The number of amides is 1. The molecule has 120 valence electrons. The van der Waals surface area contributed by atoms with Crippen molar-refractivity contribution in [3.8, 4) is 0 Å². The van der Waals surface area contributed by atoms with Crippen LogP contribution in [0.4, 0.5) is 11.6 Å². The van der Waals surface area contributed by atoms with Crippen LogP contribution in [0.25, 0.3) is 0 Å². The van der Waals surface area contributed by atoms with E-state index in [0.717, 1.165) is 25.3 Å². The highest BCUT2D eigenvalue weighted by Crippen LogP contribution is 2.23. The van der Waals surface area contributed by atoms with Crippen molar-refractivity contribution in [1.29, 1.82) is 0 Å². The lowest BCUT2D eigenvalue weighted by atomic mass is 10.00. The van der Waals surface area contributed by atoms with Crippen molar-refractivity contribution in [3.05, 3.63) is 71.7 Å². The molecule has 1 aromatic carbocycles. The van der Waals surface area contributed by atoms with Gasteiger partial charge in [0.2, 0.25) is 0 Å². The molecular weight excluding hydrogens is 304 g/mol. The van der Waals surface area contributed by atoms with Gasteiger partial charge in [-0.3, -0.25) is 4.79 Å². The Morgan fingerprint density at radius 2 is 1.92 bits per heavy atom. The molecule has 0 atom stereocenters. The van der Waals surface area contributed by atoms with Gasteiger partial charge in [0.25, 0.3) is 5.91 Å². The summed E-state index contributed by atoms with van der Waals surface area (Å²) in [5.41, 5.74) is 2.71. The summed E-state index contributed by atoms with van der Waals surface area (Å²) in [5.74, 6) is 1.11. The summed E-state index contributed by atoms with van der Waals surface area (Å²) in [6.45, 7) is 1.73. The highest BCUT2D eigenvalue weighted by molar-refractivity contribution is 6.01. The van der Waals surface area contributed by atoms with Crippen LogP contribution in [-0.4, -0.2) is 22.6 Å². The van der Waals surface area contributed by atoms with Gasteiger partial charge < -0.3 is 14.6 Å². The fraction of sp³-hybridized carbons (Fsp3) is 0.167. The number of nitrogens with zero attached hydrogens (tertiary/aromatic N) is 3. The molecule has 6 nitrogen and oxygen atoms in total. The zero-order valence-corrected chi connectivity index (χ0v) is 13.0. The minimum Gasteiger partial charge on any atom is -0.459 e. The second kappa shape index (κ2) is 6.16. The highest BCUT2D eigenvalue weighted by atomic mass is 16.3. The Labute approximate surface area is 139 Å². The number of carbonyl (C=O) groups excluding carboxylic acids is 1. The number of carbonyl (C=O) groups is 1. The number of rotatable bonds is 3. The third-order valence-corrected chi connectivity index (χ3v) is 4.09. The van der Waals surface area contributed by atoms with Crippen molar-refractivity contribution in [1.82, 2.24) is 10.2 Å². The first-order valence-corrected chi connectivity index (χ1v) is 7.80. The van der Waals surface area contributed by atoms with Gasteiger partial charge in [-0.05, 0) is 41.8 Å². The van der Waals surface area contributed by atoms with E-state index in [2.05, 4.69) is 44.7 Å². The van der Waals surface area contributed by atoms with E-state index in [1.165, 1.54) is 17.4 Å². The summed E-state index contributed by atoms with van der Waals surface area (Å²) in [4.78, 5) is 14.1. The average molecular weight is 320 g/mol. The minimum absolute atomic E-state index is 0.244. The van der Waals surface area contributed by atoms with Crippen LogP contribution in [0.1, 0.15) is 21.7 Å². The summed E-state index contributed by atoms with van der Waals surface area (Å²) in [6.07, 6.45) is 2.45. The Morgan fingerprint density at radius 1 is 1.04 bits per heavy atom. The van der Waals surface area contributed by atoms with Gasteiger partial charge in [0.1, 0.15) is 0 Å². The van der Waals surface area contributed by atoms with Crippen LogP contribution in [0, 0.1) is 0 Å². The lowest BCUT2D eigenvalue weighted by molar-refractivity contribution is 0.0996. The molecule has 0 unspecified atom stereocenters. The summed E-state index contributed by atoms with van der Waals surface area (Å²) in [6, 6.07) is 15.3. The third-order valence-electron chi connectivity index (χ3n) is 4.09. The smallest absolute Gasteiger partial charge is 0.292 e. The maximum Gasteiger partial charge on any atom is 0.292 e. The zero-order valence-electron chi connectivity index (χ0n) is 13.0. The molecule has 0 aliphatic carbocycles. The van der Waals surface area contributed by atoms with Gasteiger partial charge in [0.15, 0.2) is 17.4 Å². The van der Waals surface area contributed by atoms with Crippen molar-refractivity contribution >= 4 is 17.5 Å². The topological polar surface area (TPSA) is 71.3 Å². The summed E-state index contributed by atoms with van der Waals surface area (Å²) >= 11 is 0. The maximum atomic E-state index is 11.9. The number of aromatic nitrogens is 2. The zero-order chi connectivity index (χ0) is 16.4. The first kappa shape index (κ1) is 14.4. The van der Waals surface area contributed by atoms with E-state index in [1.54, 1.807) is 18.2 Å². The van der Waals surface area contributed by atoms with E-state index in [-0.39, 0.29) is 11.7 Å². The second-order valence-electron chi connectivity index (χ2n) is 5.65. The van der Waals surface area contributed by atoms with Crippen LogP contribution >= 0.6 is 0 Å². The molecule has 0 spiro atoms. The van der Waals surface area contributed by atoms with Gasteiger partial charge in [0.05, 0.1) is 6.26 Å². The van der Waals surface area contributed by atoms with E-state index >= 15 is 0 Å². The molecule has 3 aromatic rings. The van der Waals surface area contributed by atoms with E-state index in [4.69, 9.17) is 4.42 Å². The Balaban J connectivity index is 1.46. The van der Waals surface area contributed by atoms with Crippen molar-refractivity contribution in [2.24, 2.45) is 0 Å². The SMILES string of the molecule is O=C(Nc1ccc(N2CCc3ccccc3C2)nn1)c1ccco1. The second-order valence-corrected chi connectivity index (χ2v) is 5.65. The number of furan rings is 1. The van der Waals surface area contributed by atoms with Crippen LogP contribution in [0.15, 0.2) is 59.2 Å². The van der Waals surface area contributed by atoms with E-state index in [9.17, 15) is 4.79 Å². The monoisotopic (exact) mass is 320 g/mol. The number of anilines is 2. The lowest BCUT2D eigenvalue weighted by Crippen LogP contribution is -2.31. The molecule has 3 heterocycles. The van der Waals surface area contributed by atoms with Crippen molar-refractivity contribution in [2.75, 3.05) is 16.8 Å². The maximum absolute atomic E-state index is 11.9. The van der Waals surface area contributed by atoms with Crippen molar-refractivity contribution in [2.45, 2.75) is 13.0 Å². The number of benzene rings is 1. The number of fused-ring (bicyclic) bond motifs is 1. The number of nitrogens with one attached hydrogen (secondary N) is 1. The van der Waals surface area contributed by atoms with Crippen LogP contribution in [0.2, 0.25) is 0 Å². The molecule has 0 bridgehead atoms. The molecule has 1 aliphatic rings. The van der Waals surface area contributed by atoms with E-state index in [0.29, 0.717) is 5.82 Å². The standard InChI is InChI=1S/C18H16N4O2/c23-18(15-6-3-11-24-15)19-16-7-8-17(21-20-16)22-10-9-13-4-1-2-5-14(13)12-22/h1-8,11H,9-10,12H2,(H,19,20,23). The Morgan fingerprint density at radius 3 is 2.67 bits per heavy atom. The quantitative estimate of drug-likeness (QED) is 0.803. The molecular formula is C18H16N4O2. The summed E-state index contributed by atoms with van der Waals surface area (Å²) < 4.78 is 5.05. The highest BCUT2D eigenvalue weighted by Gasteiger charge is 2.17. The molecule has 0 radical (unpaired) electrons. The van der Waals surface area contributed by atoms with Crippen molar-refractivity contribution < 1.29 is 9.21 Å². The molecule has 1 N–H and O–H groups in total. The van der Waals surface area contributed by atoms with Gasteiger partial charge in [-0.1, -0.05) is 24.3 Å². The summed E-state index contributed by atoms with van der Waals surface area (Å²) in [5, 5.41) is 11.0. The number of hydrogen-bond acceptors (Lipinski definition) is 5. The molecule has 6 heteroatoms. The molecule has 1 aliphatic heterocycles. The minimum atomic E-state index is -0.339. The number of hydrogen-bond donors (Lipinski definition) is 1. The van der Waals surface area contributed by atoms with Gasteiger partial charge in [-0.15, -0.1) is 10.2 Å². The lowest BCUT2D eigenvalue weighted by Gasteiger charge is -2.29. The Bertz CT molecular complexity index is 844. The fourth-order valence-corrected chi connectivity index (χ4v) is 2.84. The molecule has 24 heavy (non-hydrogen) atoms. The Hall–Kier alpha value is -3.15. The predicted octanol–water partition coefficient (Wildman–Crippen LogP) is 2.88. The van der Waals surface area contributed by atoms with E-state index < -0.39 is 0 Å². The molecule has 4 rings (SSSR count). The van der Waals surface area contributed by atoms with Gasteiger partial charge in [-0.25, -0.2) is 0 Å². The Kier molecular flexibility index (Phi) is 3.70. The van der Waals surface area contributed by atoms with Crippen molar-refractivity contribution in [3.63, 3.8) is 0 Å². The largest absolute Gasteiger partial charge is 0.459 e. The molecule has 1 amide bonds. The first-order chi connectivity index (χ1) is 11.8. The first-order valence-electron chi connectivity index (χ1n) is 7.80. The van der Waals surface area contributed by atoms with Crippen LogP contribution < -0.4 is 10.2 Å². The fourth-order valence-electron chi connectivity index (χ4n) is 2.84. The normalized spacial score (nSPS) is 13.4.